The second-order valence-electron chi connectivity index (χ2n) is 5.70. The zero-order valence-electron chi connectivity index (χ0n) is 11.8. The molecule has 0 spiro atoms. The molecule has 0 amide bonds. The number of halogens is 1. The summed E-state index contributed by atoms with van der Waals surface area (Å²) < 4.78 is 0. The van der Waals surface area contributed by atoms with Gasteiger partial charge in [-0.3, -0.25) is 9.88 Å². The van der Waals surface area contributed by atoms with E-state index in [1.165, 1.54) is 10.9 Å². The lowest BCUT2D eigenvalue weighted by atomic mass is 9.94. The van der Waals surface area contributed by atoms with Gasteiger partial charge < -0.3 is 5.73 Å². The fourth-order valence-electron chi connectivity index (χ4n) is 2.85. The largest absolute Gasteiger partial charge is 0.327 e. The molecule has 1 saturated heterocycles. The molecule has 2 aromatic rings. The minimum Gasteiger partial charge on any atom is -0.327 e. The lowest BCUT2D eigenvalue weighted by Crippen LogP contribution is -2.45. The molecule has 3 nitrogen and oxygen atoms in total. The van der Waals surface area contributed by atoms with Crippen LogP contribution in [0.2, 0.25) is 0 Å². The third-order valence-corrected chi connectivity index (χ3v) is 4.11. The predicted octanol–water partition coefficient (Wildman–Crippen LogP) is 2.83. The molecule has 3 rings (SSSR count). The number of nitrogens with zero attached hydrogens (tertiary/aromatic N) is 2. The van der Waals surface area contributed by atoms with Gasteiger partial charge >= 0.3 is 0 Å². The Morgan fingerprint density at radius 1 is 1.35 bits per heavy atom. The number of rotatable bonds is 2. The quantitative estimate of drug-likeness (QED) is 0.925. The Bertz CT molecular complexity index is 572. The van der Waals surface area contributed by atoms with Crippen LogP contribution in [0.5, 0.6) is 0 Å². The van der Waals surface area contributed by atoms with E-state index in [2.05, 4.69) is 41.1 Å². The van der Waals surface area contributed by atoms with Gasteiger partial charge in [0.15, 0.2) is 0 Å². The van der Waals surface area contributed by atoms with Crippen LogP contribution < -0.4 is 5.73 Å². The summed E-state index contributed by atoms with van der Waals surface area (Å²) in [4.78, 5) is 7.02. The number of fused-ring (bicyclic) bond motifs is 1. The molecule has 0 aliphatic carbocycles. The highest BCUT2D eigenvalue weighted by Crippen LogP contribution is 2.19. The van der Waals surface area contributed by atoms with Crippen molar-refractivity contribution >= 4 is 23.3 Å². The van der Waals surface area contributed by atoms with Gasteiger partial charge in [0.05, 0.1) is 5.52 Å². The van der Waals surface area contributed by atoms with Gasteiger partial charge in [0.25, 0.3) is 0 Å². The third-order valence-electron chi connectivity index (χ3n) is 4.11. The molecule has 0 radical (unpaired) electrons. The van der Waals surface area contributed by atoms with Crippen molar-refractivity contribution in [3.8, 4) is 0 Å². The average Bonchev–Trinajstić information content (AvgIpc) is 2.43. The lowest BCUT2D eigenvalue weighted by Gasteiger charge is -2.35. The van der Waals surface area contributed by atoms with Crippen molar-refractivity contribution in [1.29, 1.82) is 0 Å². The maximum atomic E-state index is 6.07. The van der Waals surface area contributed by atoms with Crippen molar-refractivity contribution in [1.82, 2.24) is 9.88 Å². The smallest absolute Gasteiger partial charge is 0.0702 e. The van der Waals surface area contributed by atoms with Crippen LogP contribution in [0.1, 0.15) is 18.9 Å². The van der Waals surface area contributed by atoms with Crippen LogP contribution in [0.25, 0.3) is 10.9 Å². The first-order chi connectivity index (χ1) is 9.22. The van der Waals surface area contributed by atoms with Crippen molar-refractivity contribution < 1.29 is 0 Å². The molecular weight excluding hydrogens is 270 g/mol. The van der Waals surface area contributed by atoms with Crippen LogP contribution in [-0.4, -0.2) is 29.0 Å². The molecule has 20 heavy (non-hydrogen) atoms. The monoisotopic (exact) mass is 291 g/mol. The fraction of sp³-hybridized carbons (Fsp3) is 0.438. The number of nitrogens with two attached hydrogens (primary N) is 1. The number of hydrogen-bond donors (Lipinski definition) is 1. The molecule has 2 atom stereocenters. The summed E-state index contributed by atoms with van der Waals surface area (Å²) in [5.41, 5.74) is 8.43. The van der Waals surface area contributed by atoms with E-state index in [0.717, 1.165) is 31.6 Å². The summed E-state index contributed by atoms with van der Waals surface area (Å²) in [5.74, 6) is 0.585. The molecular formula is C16H22ClN3. The Balaban J connectivity index is 0.00000147. The number of pyridine rings is 1. The van der Waals surface area contributed by atoms with E-state index in [1.54, 1.807) is 0 Å². The van der Waals surface area contributed by atoms with Gasteiger partial charge in [-0.2, -0.15) is 0 Å². The van der Waals surface area contributed by atoms with Crippen LogP contribution in [0.3, 0.4) is 0 Å². The topological polar surface area (TPSA) is 42.2 Å². The van der Waals surface area contributed by atoms with E-state index >= 15 is 0 Å². The van der Waals surface area contributed by atoms with E-state index in [0.29, 0.717) is 12.0 Å². The first-order valence-electron chi connectivity index (χ1n) is 7.04. The van der Waals surface area contributed by atoms with Gasteiger partial charge in [-0.15, -0.1) is 12.4 Å². The Kier molecular flexibility index (Phi) is 4.97. The number of likely N-dealkylation sites (tertiary alicyclic amines) is 1. The second kappa shape index (κ2) is 6.53. The SMILES string of the molecule is CC1CN(Cc2cnc3ccccc3c2)CCC1N.Cl. The maximum absolute atomic E-state index is 6.07. The Morgan fingerprint density at radius 3 is 2.95 bits per heavy atom. The van der Waals surface area contributed by atoms with Gasteiger partial charge in [-0.05, 0) is 36.6 Å². The molecule has 1 aromatic heterocycles. The van der Waals surface area contributed by atoms with Crippen LogP contribution in [0, 0.1) is 5.92 Å². The molecule has 2 heterocycles. The molecule has 1 fully saturated rings. The molecule has 1 aliphatic heterocycles. The van der Waals surface area contributed by atoms with E-state index in [9.17, 15) is 0 Å². The lowest BCUT2D eigenvalue weighted by molar-refractivity contribution is 0.157. The van der Waals surface area contributed by atoms with Crippen molar-refractivity contribution in [2.45, 2.75) is 25.9 Å². The number of para-hydroxylation sites is 1. The molecule has 1 aliphatic rings. The Hall–Kier alpha value is -1.16. The molecule has 1 aromatic carbocycles. The standard InChI is InChI=1S/C16H21N3.ClH/c1-12-10-19(7-6-15(12)17)11-13-8-14-4-2-3-5-16(14)18-9-13;/h2-5,8-9,12,15H,6-7,10-11,17H2,1H3;1H. The maximum Gasteiger partial charge on any atom is 0.0702 e. The molecule has 108 valence electrons. The Morgan fingerprint density at radius 2 is 2.15 bits per heavy atom. The first kappa shape index (κ1) is 15.2. The highest BCUT2D eigenvalue weighted by molar-refractivity contribution is 5.85. The highest BCUT2D eigenvalue weighted by Gasteiger charge is 2.22. The zero-order chi connectivity index (χ0) is 13.2. The van der Waals surface area contributed by atoms with Gasteiger partial charge in [0, 0.05) is 30.7 Å². The molecule has 0 saturated carbocycles. The molecule has 2 unspecified atom stereocenters. The van der Waals surface area contributed by atoms with Crippen molar-refractivity contribution in [2.75, 3.05) is 13.1 Å². The number of hydrogen-bond acceptors (Lipinski definition) is 3. The summed E-state index contributed by atoms with van der Waals surface area (Å²) in [7, 11) is 0. The van der Waals surface area contributed by atoms with Crippen LogP contribution in [0.4, 0.5) is 0 Å². The first-order valence-corrected chi connectivity index (χ1v) is 7.04. The van der Waals surface area contributed by atoms with Crippen molar-refractivity contribution in [2.24, 2.45) is 11.7 Å². The van der Waals surface area contributed by atoms with Crippen LogP contribution in [-0.2, 0) is 6.54 Å². The minimum absolute atomic E-state index is 0. The zero-order valence-corrected chi connectivity index (χ0v) is 12.6. The van der Waals surface area contributed by atoms with Gasteiger partial charge in [0.2, 0.25) is 0 Å². The third kappa shape index (κ3) is 3.29. The summed E-state index contributed by atoms with van der Waals surface area (Å²) >= 11 is 0. The Labute approximate surface area is 126 Å². The number of piperidine rings is 1. The summed E-state index contributed by atoms with van der Waals surface area (Å²) in [6.07, 6.45) is 3.10. The highest BCUT2D eigenvalue weighted by atomic mass is 35.5. The van der Waals surface area contributed by atoms with Crippen molar-refractivity contribution in [3.63, 3.8) is 0 Å². The van der Waals surface area contributed by atoms with Gasteiger partial charge in [-0.1, -0.05) is 25.1 Å². The number of aromatic nitrogens is 1. The van der Waals surface area contributed by atoms with E-state index in [4.69, 9.17) is 5.73 Å². The summed E-state index contributed by atoms with van der Waals surface area (Å²) in [6, 6.07) is 10.9. The van der Waals surface area contributed by atoms with E-state index in [-0.39, 0.29) is 12.4 Å². The van der Waals surface area contributed by atoms with Crippen LogP contribution in [0.15, 0.2) is 36.5 Å². The van der Waals surface area contributed by atoms with Crippen molar-refractivity contribution in [3.05, 3.63) is 42.1 Å². The minimum atomic E-state index is 0. The molecule has 0 bridgehead atoms. The number of benzene rings is 1. The van der Waals surface area contributed by atoms with E-state index < -0.39 is 0 Å². The second-order valence-corrected chi connectivity index (χ2v) is 5.70. The van der Waals surface area contributed by atoms with Crippen LogP contribution >= 0.6 is 12.4 Å². The van der Waals surface area contributed by atoms with E-state index in [1.807, 2.05) is 12.3 Å². The molecule has 4 heteroatoms. The van der Waals surface area contributed by atoms with Gasteiger partial charge in [0.1, 0.15) is 0 Å². The average molecular weight is 292 g/mol. The fourth-order valence-corrected chi connectivity index (χ4v) is 2.85. The predicted molar refractivity (Wildman–Crippen MR) is 86.0 cm³/mol. The summed E-state index contributed by atoms with van der Waals surface area (Å²) in [5, 5.41) is 1.22. The summed E-state index contributed by atoms with van der Waals surface area (Å²) in [6.45, 7) is 5.41. The molecule has 2 N–H and O–H groups in total. The normalized spacial score (nSPS) is 23.5. The van der Waals surface area contributed by atoms with Gasteiger partial charge in [-0.25, -0.2) is 0 Å².